The zero-order valence-corrected chi connectivity index (χ0v) is 18.4. The minimum Gasteiger partial charge on any atom is -0.508 e. The number of phenols is 1. The van der Waals surface area contributed by atoms with E-state index in [0.717, 1.165) is 0 Å². The number of hydrogen-bond donors (Lipinski definition) is 7. The lowest BCUT2D eigenvalue weighted by molar-refractivity contribution is -0.192. The van der Waals surface area contributed by atoms with E-state index in [1.54, 1.807) is 12.1 Å². The predicted molar refractivity (Wildman–Crippen MR) is 112 cm³/mol. The van der Waals surface area contributed by atoms with Gasteiger partial charge in [0.05, 0.1) is 12.6 Å². The largest absolute Gasteiger partial charge is 0.508 e. The van der Waals surface area contributed by atoms with Crippen molar-refractivity contribution in [2.45, 2.75) is 51.0 Å². The lowest BCUT2D eigenvalue weighted by Crippen LogP contribution is -2.56. The number of carboxylic acids is 2. The molecule has 34 heavy (non-hydrogen) atoms. The monoisotopic (exact) mass is 495 g/mol. The Kier molecular flexibility index (Phi) is 12.6. The average Bonchev–Trinajstić information content (AvgIpc) is 2.72. The second-order valence-corrected chi connectivity index (χ2v) is 7.55. The maximum absolute atomic E-state index is 12.2. The van der Waals surface area contributed by atoms with Gasteiger partial charge in [0.1, 0.15) is 17.8 Å². The zero-order valence-electron chi connectivity index (χ0n) is 18.4. The smallest absolute Gasteiger partial charge is 0.490 e. The van der Waals surface area contributed by atoms with Crippen molar-refractivity contribution < 1.29 is 52.8 Å². The first-order chi connectivity index (χ1) is 15.6. The van der Waals surface area contributed by atoms with Crippen LogP contribution in [-0.2, 0) is 25.6 Å². The SMILES string of the molecule is CC(C)C[C@H](NC(=O)[C@H](CO)NC(=O)[C@@H](N)Cc1ccc(O)cc1)C(=O)O.O=C(O)C(F)(F)F. The van der Waals surface area contributed by atoms with Crippen molar-refractivity contribution >= 4 is 23.8 Å². The molecule has 0 spiro atoms. The van der Waals surface area contributed by atoms with E-state index in [1.807, 2.05) is 13.8 Å². The molecule has 3 atom stereocenters. The van der Waals surface area contributed by atoms with Crippen LogP contribution in [0.3, 0.4) is 0 Å². The number of aromatic hydroxyl groups is 1. The molecule has 0 heterocycles. The summed E-state index contributed by atoms with van der Waals surface area (Å²) in [5, 5.41) is 39.6. The molecule has 0 aliphatic rings. The summed E-state index contributed by atoms with van der Waals surface area (Å²) in [4.78, 5) is 44.5. The quantitative estimate of drug-likeness (QED) is 0.233. The molecule has 2 amide bonds. The van der Waals surface area contributed by atoms with E-state index in [9.17, 15) is 42.9 Å². The van der Waals surface area contributed by atoms with Crippen LogP contribution >= 0.6 is 0 Å². The highest BCUT2D eigenvalue weighted by Gasteiger charge is 2.38. The van der Waals surface area contributed by atoms with Crippen LogP contribution in [0.1, 0.15) is 25.8 Å². The van der Waals surface area contributed by atoms with E-state index in [0.29, 0.717) is 5.56 Å². The van der Waals surface area contributed by atoms with Crippen LogP contribution in [0.25, 0.3) is 0 Å². The van der Waals surface area contributed by atoms with E-state index in [2.05, 4.69) is 10.6 Å². The molecule has 1 aromatic carbocycles. The molecule has 0 unspecified atom stereocenters. The summed E-state index contributed by atoms with van der Waals surface area (Å²) < 4.78 is 31.7. The normalized spacial score (nSPS) is 13.6. The number of rotatable bonds is 10. The first-order valence-corrected chi connectivity index (χ1v) is 9.86. The number of phenolic OH excluding ortho intramolecular Hbond substituents is 1. The molecule has 192 valence electrons. The number of amides is 2. The van der Waals surface area contributed by atoms with Gasteiger partial charge in [-0.05, 0) is 36.5 Å². The number of carbonyl (C=O) groups excluding carboxylic acids is 2. The number of halogens is 3. The Labute approximate surface area is 192 Å². The van der Waals surface area contributed by atoms with Crippen LogP contribution in [0.2, 0.25) is 0 Å². The van der Waals surface area contributed by atoms with Crippen molar-refractivity contribution in [1.29, 1.82) is 0 Å². The summed E-state index contributed by atoms with van der Waals surface area (Å²) in [7, 11) is 0. The molecule has 0 fully saturated rings. The molecule has 8 N–H and O–H groups in total. The highest BCUT2D eigenvalue weighted by molar-refractivity contribution is 5.91. The van der Waals surface area contributed by atoms with Crippen molar-refractivity contribution in [2.24, 2.45) is 11.7 Å². The minimum absolute atomic E-state index is 0.0345. The van der Waals surface area contributed by atoms with Gasteiger partial charge in [-0.1, -0.05) is 26.0 Å². The summed E-state index contributed by atoms with van der Waals surface area (Å²) in [5.41, 5.74) is 6.54. The highest BCUT2D eigenvalue weighted by atomic mass is 19.4. The number of aliphatic hydroxyl groups is 1. The van der Waals surface area contributed by atoms with Crippen LogP contribution in [0.15, 0.2) is 24.3 Å². The van der Waals surface area contributed by atoms with Crippen LogP contribution in [-0.4, -0.2) is 75.1 Å². The molecule has 0 saturated carbocycles. The van der Waals surface area contributed by atoms with Crippen molar-refractivity contribution in [2.75, 3.05) is 6.61 Å². The second-order valence-electron chi connectivity index (χ2n) is 7.55. The van der Waals surface area contributed by atoms with E-state index in [-0.39, 0.29) is 24.5 Å². The molecule has 0 aliphatic carbocycles. The number of nitrogens with two attached hydrogens (primary N) is 1. The first-order valence-electron chi connectivity index (χ1n) is 9.86. The Morgan fingerprint density at radius 1 is 0.971 bits per heavy atom. The number of alkyl halides is 3. The molecular formula is C20H28F3N3O8. The number of benzene rings is 1. The summed E-state index contributed by atoms with van der Waals surface area (Å²) in [6.07, 6.45) is -4.70. The van der Waals surface area contributed by atoms with Gasteiger partial charge in [-0.25, -0.2) is 9.59 Å². The van der Waals surface area contributed by atoms with E-state index < -0.39 is 54.7 Å². The van der Waals surface area contributed by atoms with Gasteiger partial charge in [0.2, 0.25) is 11.8 Å². The number of hydrogen-bond acceptors (Lipinski definition) is 7. The fourth-order valence-electron chi connectivity index (χ4n) is 2.42. The van der Waals surface area contributed by atoms with Gasteiger partial charge in [0, 0.05) is 0 Å². The standard InChI is InChI=1S/C18H27N3O6.C2HF3O2/c1-10(2)7-14(18(26)27)20-17(25)15(9-22)21-16(24)13(19)8-11-3-5-12(23)6-4-11;3-2(4,5)1(6)7/h3-6,10,13-15,22-23H,7-9,19H2,1-2H3,(H,20,25)(H,21,24)(H,26,27);(H,6,7)/t13-,14-,15-;/m0./s1. The minimum atomic E-state index is -5.08. The van der Waals surface area contributed by atoms with E-state index >= 15 is 0 Å². The Hall–Kier alpha value is -3.39. The van der Waals surface area contributed by atoms with Crippen LogP contribution < -0.4 is 16.4 Å². The summed E-state index contributed by atoms with van der Waals surface area (Å²) in [5.74, 6) is -5.28. The van der Waals surface area contributed by atoms with E-state index in [4.69, 9.17) is 15.6 Å². The molecule has 14 heteroatoms. The fraction of sp³-hybridized carbons (Fsp3) is 0.500. The molecule has 1 aromatic rings. The van der Waals surface area contributed by atoms with Gasteiger partial charge in [-0.2, -0.15) is 13.2 Å². The average molecular weight is 495 g/mol. The Morgan fingerprint density at radius 3 is 1.82 bits per heavy atom. The maximum Gasteiger partial charge on any atom is 0.490 e. The number of carbonyl (C=O) groups is 4. The van der Waals surface area contributed by atoms with Gasteiger partial charge in [0.25, 0.3) is 0 Å². The predicted octanol–water partition coefficient (Wildman–Crippen LogP) is -0.0121. The molecule has 0 saturated heterocycles. The zero-order chi connectivity index (χ0) is 26.6. The number of aliphatic carboxylic acids is 2. The van der Waals surface area contributed by atoms with Gasteiger partial charge in [-0.15, -0.1) is 0 Å². The molecule has 1 rings (SSSR count). The first kappa shape index (κ1) is 30.6. The lowest BCUT2D eigenvalue weighted by atomic mass is 10.0. The van der Waals surface area contributed by atoms with Crippen molar-refractivity contribution in [3.05, 3.63) is 29.8 Å². The highest BCUT2D eigenvalue weighted by Crippen LogP contribution is 2.13. The summed E-state index contributed by atoms with van der Waals surface area (Å²) in [6.45, 7) is 2.93. The van der Waals surface area contributed by atoms with Gasteiger partial charge < -0.3 is 36.8 Å². The molecule has 0 aromatic heterocycles. The van der Waals surface area contributed by atoms with E-state index in [1.165, 1.54) is 12.1 Å². The van der Waals surface area contributed by atoms with Crippen LogP contribution in [0.4, 0.5) is 13.2 Å². The molecule has 0 bridgehead atoms. The summed E-state index contributed by atoms with van der Waals surface area (Å²) in [6, 6.07) is 2.74. The Bertz CT molecular complexity index is 831. The van der Waals surface area contributed by atoms with Crippen LogP contribution in [0, 0.1) is 5.92 Å². The van der Waals surface area contributed by atoms with Gasteiger partial charge >= 0.3 is 18.1 Å². The molecule has 0 radical (unpaired) electrons. The lowest BCUT2D eigenvalue weighted by Gasteiger charge is -2.22. The second kappa shape index (κ2) is 14.0. The van der Waals surface area contributed by atoms with Crippen molar-refractivity contribution in [3.8, 4) is 5.75 Å². The molecule has 11 nitrogen and oxygen atoms in total. The van der Waals surface area contributed by atoms with Gasteiger partial charge in [-0.3, -0.25) is 9.59 Å². The van der Waals surface area contributed by atoms with Crippen LogP contribution in [0.5, 0.6) is 5.75 Å². The van der Waals surface area contributed by atoms with Crippen molar-refractivity contribution in [3.63, 3.8) is 0 Å². The third-order valence-corrected chi connectivity index (χ3v) is 4.11. The fourth-order valence-corrected chi connectivity index (χ4v) is 2.42. The Balaban J connectivity index is 0.00000135. The summed E-state index contributed by atoms with van der Waals surface area (Å²) >= 11 is 0. The number of aliphatic hydroxyl groups excluding tert-OH is 1. The topological polar surface area (TPSA) is 199 Å². The third kappa shape index (κ3) is 12.0. The van der Waals surface area contributed by atoms with Crippen molar-refractivity contribution in [1.82, 2.24) is 10.6 Å². The van der Waals surface area contributed by atoms with Gasteiger partial charge in [0.15, 0.2) is 0 Å². The third-order valence-electron chi connectivity index (χ3n) is 4.11. The number of carboxylic acid groups (broad SMARTS) is 2. The number of nitrogens with one attached hydrogen (secondary N) is 2. The Morgan fingerprint density at radius 2 is 1.44 bits per heavy atom. The maximum atomic E-state index is 12.2. The molecule has 0 aliphatic heterocycles. The molecular weight excluding hydrogens is 467 g/mol.